The van der Waals surface area contributed by atoms with Crippen LogP contribution in [-0.2, 0) is 14.3 Å². The molecule has 0 radical (unpaired) electrons. The van der Waals surface area contributed by atoms with Gasteiger partial charge in [-0.25, -0.2) is 0 Å². The highest BCUT2D eigenvalue weighted by molar-refractivity contribution is 14.1. The number of allylic oxidation sites excluding steroid dienone is 2. The van der Waals surface area contributed by atoms with Gasteiger partial charge in [-0.1, -0.05) is 22.6 Å². The Bertz CT molecular complexity index is 255. The van der Waals surface area contributed by atoms with E-state index in [1.165, 1.54) is 12.2 Å². The van der Waals surface area contributed by atoms with Crippen molar-refractivity contribution in [3.05, 3.63) is 24.3 Å². The Labute approximate surface area is 104 Å². The van der Waals surface area contributed by atoms with E-state index >= 15 is 0 Å². The second-order valence-corrected chi connectivity index (χ2v) is 4.32. The monoisotopic (exact) mass is 322 g/mol. The van der Waals surface area contributed by atoms with E-state index in [0.717, 1.165) is 17.3 Å². The molecule has 1 aliphatic carbocycles. The topological polar surface area (TPSA) is 35.5 Å². The standard InChI is InChI=1S/C11H15IO3/c1-14-11(15-9-3-2-8-12)6-4-10(13)5-7-11/h4-7H,2-3,8-9H2,1H3. The van der Waals surface area contributed by atoms with Gasteiger partial charge >= 0.3 is 0 Å². The van der Waals surface area contributed by atoms with Gasteiger partial charge in [-0.15, -0.1) is 0 Å². The summed E-state index contributed by atoms with van der Waals surface area (Å²) >= 11 is 2.34. The van der Waals surface area contributed by atoms with Gasteiger partial charge in [0.05, 0.1) is 6.61 Å². The first kappa shape index (κ1) is 12.9. The van der Waals surface area contributed by atoms with Gasteiger partial charge in [0.1, 0.15) is 0 Å². The molecule has 0 bridgehead atoms. The van der Waals surface area contributed by atoms with Crippen LogP contribution >= 0.6 is 22.6 Å². The number of hydrogen-bond donors (Lipinski definition) is 0. The Morgan fingerprint density at radius 1 is 1.33 bits per heavy atom. The molecular formula is C11H15IO3. The molecule has 84 valence electrons. The van der Waals surface area contributed by atoms with Crippen molar-refractivity contribution in [3.63, 3.8) is 0 Å². The summed E-state index contributed by atoms with van der Waals surface area (Å²) in [6.07, 6.45) is 8.39. The van der Waals surface area contributed by atoms with Gasteiger partial charge in [0.15, 0.2) is 5.78 Å². The first-order chi connectivity index (χ1) is 7.22. The highest BCUT2D eigenvalue weighted by Gasteiger charge is 2.26. The number of unbranched alkanes of at least 4 members (excludes halogenated alkanes) is 1. The fourth-order valence-corrected chi connectivity index (χ4v) is 1.77. The molecule has 3 nitrogen and oxygen atoms in total. The highest BCUT2D eigenvalue weighted by atomic mass is 127. The molecule has 0 aromatic rings. The van der Waals surface area contributed by atoms with E-state index in [4.69, 9.17) is 9.47 Å². The number of rotatable bonds is 6. The largest absolute Gasteiger partial charge is 0.346 e. The van der Waals surface area contributed by atoms with Crippen molar-refractivity contribution in [2.75, 3.05) is 18.1 Å². The summed E-state index contributed by atoms with van der Waals surface area (Å²) in [6.45, 7) is 0.639. The molecule has 0 heterocycles. The van der Waals surface area contributed by atoms with Gasteiger partial charge in [-0.05, 0) is 41.6 Å². The maximum absolute atomic E-state index is 11.0. The van der Waals surface area contributed by atoms with Gasteiger partial charge in [-0.2, -0.15) is 0 Å². The number of alkyl halides is 1. The molecule has 1 aliphatic rings. The fourth-order valence-electron chi connectivity index (χ4n) is 1.23. The zero-order valence-electron chi connectivity index (χ0n) is 8.74. The van der Waals surface area contributed by atoms with Gasteiger partial charge in [0.25, 0.3) is 0 Å². The Morgan fingerprint density at radius 2 is 2.00 bits per heavy atom. The quantitative estimate of drug-likeness (QED) is 0.326. The fraction of sp³-hybridized carbons (Fsp3) is 0.545. The van der Waals surface area contributed by atoms with Crippen LogP contribution in [-0.4, -0.2) is 29.7 Å². The van der Waals surface area contributed by atoms with Crippen molar-refractivity contribution in [1.29, 1.82) is 0 Å². The summed E-state index contributed by atoms with van der Waals surface area (Å²) in [5.41, 5.74) is 0. The van der Waals surface area contributed by atoms with Crippen LogP contribution < -0.4 is 0 Å². The summed E-state index contributed by atoms with van der Waals surface area (Å²) in [5.74, 6) is -0.863. The number of methoxy groups -OCH3 is 1. The van der Waals surface area contributed by atoms with Crippen LogP contribution in [0, 0.1) is 0 Å². The first-order valence-electron chi connectivity index (χ1n) is 4.90. The molecule has 0 spiro atoms. The molecule has 0 saturated heterocycles. The van der Waals surface area contributed by atoms with Gasteiger partial charge in [0, 0.05) is 7.11 Å². The second-order valence-electron chi connectivity index (χ2n) is 3.24. The summed E-state index contributed by atoms with van der Waals surface area (Å²) in [7, 11) is 1.57. The third-order valence-corrected chi connectivity index (χ3v) is 2.90. The van der Waals surface area contributed by atoms with Crippen molar-refractivity contribution in [2.24, 2.45) is 0 Å². The summed E-state index contributed by atoms with van der Waals surface area (Å²) in [4.78, 5) is 11.0. The smallest absolute Gasteiger partial charge is 0.208 e. The van der Waals surface area contributed by atoms with E-state index in [0.29, 0.717) is 6.61 Å². The minimum Gasteiger partial charge on any atom is -0.346 e. The third-order valence-electron chi connectivity index (χ3n) is 2.13. The molecule has 15 heavy (non-hydrogen) atoms. The molecule has 0 aromatic heterocycles. The Kier molecular flexibility index (Phi) is 5.49. The summed E-state index contributed by atoms with van der Waals surface area (Å²) in [6, 6.07) is 0. The number of hydrogen-bond acceptors (Lipinski definition) is 3. The van der Waals surface area contributed by atoms with E-state index in [1.54, 1.807) is 19.3 Å². The molecule has 4 heteroatoms. The molecular weight excluding hydrogens is 307 g/mol. The van der Waals surface area contributed by atoms with Crippen LogP contribution in [0.15, 0.2) is 24.3 Å². The van der Waals surface area contributed by atoms with E-state index in [-0.39, 0.29) is 5.78 Å². The van der Waals surface area contributed by atoms with E-state index < -0.39 is 5.79 Å². The normalized spacial score (nSPS) is 18.4. The van der Waals surface area contributed by atoms with Gasteiger partial charge in [-0.3, -0.25) is 4.79 Å². The van der Waals surface area contributed by atoms with E-state index in [9.17, 15) is 4.79 Å². The van der Waals surface area contributed by atoms with Gasteiger partial charge < -0.3 is 9.47 Å². The van der Waals surface area contributed by atoms with Crippen molar-refractivity contribution >= 4 is 28.4 Å². The predicted octanol–water partition coefficient (Wildman–Crippen LogP) is 2.26. The maximum atomic E-state index is 11.0. The van der Waals surface area contributed by atoms with Crippen LogP contribution in [0.4, 0.5) is 0 Å². The third kappa shape index (κ3) is 4.04. The lowest BCUT2D eigenvalue weighted by atomic mass is 10.1. The Hall–Kier alpha value is -0.200. The van der Waals surface area contributed by atoms with Crippen LogP contribution in [0.3, 0.4) is 0 Å². The van der Waals surface area contributed by atoms with Crippen LogP contribution in [0.1, 0.15) is 12.8 Å². The zero-order valence-corrected chi connectivity index (χ0v) is 10.9. The molecule has 0 aromatic carbocycles. The van der Waals surface area contributed by atoms with Crippen molar-refractivity contribution in [2.45, 2.75) is 18.6 Å². The van der Waals surface area contributed by atoms with Gasteiger partial charge in [0.2, 0.25) is 5.79 Å². The molecule has 0 atom stereocenters. The molecule has 0 aliphatic heterocycles. The molecule has 0 unspecified atom stereocenters. The lowest BCUT2D eigenvalue weighted by molar-refractivity contribution is -0.155. The van der Waals surface area contributed by atoms with Crippen LogP contribution in [0.25, 0.3) is 0 Å². The average molecular weight is 322 g/mol. The number of halogens is 1. The average Bonchev–Trinajstić information content (AvgIpc) is 2.28. The first-order valence-corrected chi connectivity index (χ1v) is 6.42. The van der Waals surface area contributed by atoms with E-state index in [1.807, 2.05) is 0 Å². The lowest BCUT2D eigenvalue weighted by Crippen LogP contribution is -2.32. The van der Waals surface area contributed by atoms with E-state index in [2.05, 4.69) is 22.6 Å². The number of ether oxygens (including phenoxy) is 2. The number of carbonyl (C=O) groups excluding carboxylic acids is 1. The van der Waals surface area contributed by atoms with Crippen LogP contribution in [0.5, 0.6) is 0 Å². The minimum atomic E-state index is -0.834. The Morgan fingerprint density at radius 3 is 2.53 bits per heavy atom. The molecule has 0 fully saturated rings. The molecule has 1 rings (SSSR count). The van der Waals surface area contributed by atoms with Crippen LogP contribution in [0.2, 0.25) is 0 Å². The van der Waals surface area contributed by atoms with Crippen molar-refractivity contribution in [3.8, 4) is 0 Å². The predicted molar refractivity (Wildman–Crippen MR) is 67.1 cm³/mol. The summed E-state index contributed by atoms with van der Waals surface area (Å²) < 4.78 is 12.0. The number of carbonyl (C=O) groups is 1. The van der Waals surface area contributed by atoms with Crippen molar-refractivity contribution in [1.82, 2.24) is 0 Å². The maximum Gasteiger partial charge on any atom is 0.208 e. The number of ketones is 1. The lowest BCUT2D eigenvalue weighted by Gasteiger charge is -2.27. The highest BCUT2D eigenvalue weighted by Crippen LogP contribution is 2.20. The second kappa shape index (κ2) is 6.40. The minimum absolute atomic E-state index is 0.0291. The SMILES string of the molecule is COC1(OCCCCI)C=CC(=O)C=C1. The zero-order chi connectivity index (χ0) is 11.1. The Balaban J connectivity index is 2.44. The molecule has 0 amide bonds. The summed E-state index contributed by atoms with van der Waals surface area (Å²) in [5, 5.41) is 0. The van der Waals surface area contributed by atoms with Crippen molar-refractivity contribution < 1.29 is 14.3 Å². The molecule has 0 N–H and O–H groups in total. The molecule has 0 saturated carbocycles.